The topological polar surface area (TPSA) is 67.4 Å². The summed E-state index contributed by atoms with van der Waals surface area (Å²) in [7, 11) is 0. The number of rotatable bonds is 6. The Balaban J connectivity index is 1.61. The zero-order valence-corrected chi connectivity index (χ0v) is 14.5. The minimum Gasteiger partial charge on any atom is -0.472 e. The fourth-order valence-corrected chi connectivity index (χ4v) is 2.92. The lowest BCUT2D eigenvalue weighted by molar-refractivity contribution is -0.121. The lowest BCUT2D eigenvalue weighted by Crippen LogP contribution is -2.48. The normalized spacial score (nSPS) is 17.2. The van der Waals surface area contributed by atoms with Crippen LogP contribution >= 0.6 is 0 Å². The molecular formula is C19H24N4O2. The second-order valence-electron chi connectivity index (χ2n) is 6.20. The summed E-state index contributed by atoms with van der Waals surface area (Å²) in [5.41, 5.74) is 1.09. The number of hydrogen-bond donors (Lipinski definition) is 1. The van der Waals surface area contributed by atoms with E-state index >= 15 is 0 Å². The predicted molar refractivity (Wildman–Crippen MR) is 96.5 cm³/mol. The molecule has 1 amide bonds. The quantitative estimate of drug-likeness (QED) is 0.875. The van der Waals surface area contributed by atoms with E-state index in [1.807, 2.05) is 37.3 Å². The summed E-state index contributed by atoms with van der Waals surface area (Å²) in [6.45, 7) is 4.00. The Morgan fingerprint density at radius 3 is 2.96 bits per heavy atom. The summed E-state index contributed by atoms with van der Waals surface area (Å²) in [4.78, 5) is 22.6. The van der Waals surface area contributed by atoms with Crippen molar-refractivity contribution in [2.24, 2.45) is 0 Å². The fraction of sp³-hybridized carbons (Fsp3) is 0.421. The Kier molecular flexibility index (Phi) is 5.82. The van der Waals surface area contributed by atoms with Gasteiger partial charge in [-0.25, -0.2) is 0 Å². The largest absolute Gasteiger partial charge is 0.472 e. The summed E-state index contributed by atoms with van der Waals surface area (Å²) in [6.07, 6.45) is 5.91. The van der Waals surface area contributed by atoms with Crippen LogP contribution < -0.4 is 15.0 Å². The van der Waals surface area contributed by atoms with Crippen LogP contribution in [0.1, 0.15) is 31.7 Å². The molecule has 1 aromatic carbocycles. The molecule has 132 valence electrons. The molecule has 1 N–H and O–H groups in total. The third-order valence-electron chi connectivity index (χ3n) is 4.26. The molecule has 1 aromatic heterocycles. The Labute approximate surface area is 148 Å². The highest BCUT2D eigenvalue weighted by Crippen LogP contribution is 2.20. The van der Waals surface area contributed by atoms with Gasteiger partial charge in [-0.05, 0) is 18.4 Å². The number of piperidine rings is 1. The molecular weight excluding hydrogens is 316 g/mol. The lowest BCUT2D eigenvalue weighted by Gasteiger charge is -2.33. The van der Waals surface area contributed by atoms with Gasteiger partial charge in [0.25, 0.3) is 0 Å². The van der Waals surface area contributed by atoms with Crippen LogP contribution in [0.5, 0.6) is 5.88 Å². The van der Waals surface area contributed by atoms with Gasteiger partial charge in [0.15, 0.2) is 5.82 Å². The van der Waals surface area contributed by atoms with Crippen molar-refractivity contribution < 1.29 is 9.53 Å². The van der Waals surface area contributed by atoms with Gasteiger partial charge in [-0.15, -0.1) is 0 Å². The first-order valence-electron chi connectivity index (χ1n) is 8.77. The third-order valence-corrected chi connectivity index (χ3v) is 4.26. The average Bonchev–Trinajstić information content (AvgIpc) is 2.67. The Morgan fingerprint density at radius 2 is 2.16 bits per heavy atom. The molecule has 0 unspecified atom stereocenters. The van der Waals surface area contributed by atoms with Crippen molar-refractivity contribution in [3.05, 3.63) is 48.3 Å². The van der Waals surface area contributed by atoms with E-state index in [-0.39, 0.29) is 11.9 Å². The molecule has 1 aliphatic rings. The molecule has 6 nitrogen and oxygen atoms in total. The maximum atomic E-state index is 11.6. The van der Waals surface area contributed by atoms with Gasteiger partial charge < -0.3 is 15.0 Å². The summed E-state index contributed by atoms with van der Waals surface area (Å²) in [6, 6.07) is 10.1. The van der Waals surface area contributed by atoms with E-state index < -0.39 is 0 Å². The first-order valence-corrected chi connectivity index (χ1v) is 8.77. The van der Waals surface area contributed by atoms with Crippen LogP contribution in [0, 0.1) is 0 Å². The van der Waals surface area contributed by atoms with Gasteiger partial charge in [0.2, 0.25) is 11.8 Å². The molecule has 0 bridgehead atoms. The number of carbonyl (C=O) groups excluding carboxylic acids is 1. The van der Waals surface area contributed by atoms with Crippen LogP contribution in [0.3, 0.4) is 0 Å². The maximum absolute atomic E-state index is 11.6. The summed E-state index contributed by atoms with van der Waals surface area (Å²) >= 11 is 0. The standard InChI is InChI=1S/C19H24N4O2/c1-2-18(24)21-16-9-6-10-23(13-16)17-11-20-12-19(22-17)25-14-15-7-4-3-5-8-15/h3-5,7-8,11-12,16H,2,6,9-10,13-14H2,1H3,(H,21,24)/t16-/m0/s1. The Morgan fingerprint density at radius 1 is 1.32 bits per heavy atom. The van der Waals surface area contributed by atoms with Gasteiger partial charge in [-0.3, -0.25) is 9.78 Å². The van der Waals surface area contributed by atoms with Crippen LogP contribution in [0.2, 0.25) is 0 Å². The molecule has 0 aliphatic carbocycles. The smallest absolute Gasteiger partial charge is 0.234 e. The predicted octanol–water partition coefficient (Wildman–Crippen LogP) is 2.55. The number of benzene rings is 1. The molecule has 1 fully saturated rings. The number of nitrogens with zero attached hydrogens (tertiary/aromatic N) is 3. The van der Waals surface area contributed by atoms with E-state index in [1.165, 1.54) is 0 Å². The highest BCUT2D eigenvalue weighted by Gasteiger charge is 2.22. The SMILES string of the molecule is CCC(=O)N[C@H]1CCCN(c2cncc(OCc3ccccc3)n2)C1. The molecule has 3 rings (SSSR count). The molecule has 1 atom stereocenters. The number of anilines is 1. The first-order chi connectivity index (χ1) is 12.2. The number of hydrogen-bond acceptors (Lipinski definition) is 5. The molecule has 6 heteroatoms. The second-order valence-corrected chi connectivity index (χ2v) is 6.20. The molecule has 25 heavy (non-hydrogen) atoms. The second kappa shape index (κ2) is 8.46. The van der Waals surface area contributed by atoms with Crippen LogP contribution in [0.25, 0.3) is 0 Å². The minimum atomic E-state index is 0.0953. The van der Waals surface area contributed by atoms with E-state index in [4.69, 9.17) is 4.74 Å². The number of ether oxygens (including phenoxy) is 1. The molecule has 0 spiro atoms. The average molecular weight is 340 g/mol. The Bertz CT molecular complexity index is 693. The van der Waals surface area contributed by atoms with Crippen molar-refractivity contribution >= 4 is 11.7 Å². The van der Waals surface area contributed by atoms with Crippen LogP contribution in [-0.4, -0.2) is 35.0 Å². The van der Waals surface area contributed by atoms with Crippen molar-refractivity contribution in [3.8, 4) is 5.88 Å². The monoisotopic (exact) mass is 340 g/mol. The molecule has 0 saturated carbocycles. The van der Waals surface area contributed by atoms with Crippen LogP contribution in [-0.2, 0) is 11.4 Å². The highest BCUT2D eigenvalue weighted by atomic mass is 16.5. The molecule has 2 aromatic rings. The van der Waals surface area contributed by atoms with E-state index in [0.717, 1.165) is 37.3 Å². The van der Waals surface area contributed by atoms with Gasteiger partial charge in [-0.2, -0.15) is 4.98 Å². The number of carbonyl (C=O) groups is 1. The first kappa shape index (κ1) is 17.2. The number of amides is 1. The number of aromatic nitrogens is 2. The van der Waals surface area contributed by atoms with Crippen LogP contribution in [0.15, 0.2) is 42.7 Å². The van der Waals surface area contributed by atoms with Gasteiger partial charge >= 0.3 is 0 Å². The molecule has 2 heterocycles. The summed E-state index contributed by atoms with van der Waals surface area (Å²) in [5, 5.41) is 3.07. The summed E-state index contributed by atoms with van der Waals surface area (Å²) < 4.78 is 5.76. The molecule has 1 saturated heterocycles. The highest BCUT2D eigenvalue weighted by molar-refractivity contribution is 5.75. The summed E-state index contributed by atoms with van der Waals surface area (Å²) in [5.74, 6) is 1.40. The van der Waals surface area contributed by atoms with E-state index in [2.05, 4.69) is 20.2 Å². The van der Waals surface area contributed by atoms with Crippen molar-refractivity contribution in [1.29, 1.82) is 0 Å². The lowest BCUT2D eigenvalue weighted by atomic mass is 10.1. The fourth-order valence-electron chi connectivity index (χ4n) is 2.92. The molecule has 1 aliphatic heterocycles. The van der Waals surface area contributed by atoms with E-state index in [0.29, 0.717) is 18.9 Å². The van der Waals surface area contributed by atoms with Crippen molar-refractivity contribution in [1.82, 2.24) is 15.3 Å². The Hall–Kier alpha value is -2.63. The third kappa shape index (κ3) is 4.92. The van der Waals surface area contributed by atoms with Crippen molar-refractivity contribution in [3.63, 3.8) is 0 Å². The van der Waals surface area contributed by atoms with Gasteiger partial charge in [-0.1, -0.05) is 37.3 Å². The van der Waals surface area contributed by atoms with Crippen molar-refractivity contribution in [2.75, 3.05) is 18.0 Å². The van der Waals surface area contributed by atoms with Gasteiger partial charge in [0.1, 0.15) is 6.61 Å². The maximum Gasteiger partial charge on any atom is 0.234 e. The van der Waals surface area contributed by atoms with E-state index in [9.17, 15) is 4.79 Å². The molecule has 0 radical (unpaired) electrons. The zero-order chi connectivity index (χ0) is 17.5. The minimum absolute atomic E-state index is 0.0953. The van der Waals surface area contributed by atoms with Crippen molar-refractivity contribution in [2.45, 2.75) is 38.8 Å². The number of nitrogens with one attached hydrogen (secondary N) is 1. The van der Waals surface area contributed by atoms with Gasteiger partial charge in [0.05, 0.1) is 12.4 Å². The zero-order valence-electron chi connectivity index (χ0n) is 14.5. The van der Waals surface area contributed by atoms with Crippen LogP contribution in [0.4, 0.5) is 5.82 Å². The van der Waals surface area contributed by atoms with Gasteiger partial charge in [0, 0.05) is 25.6 Å². The van der Waals surface area contributed by atoms with E-state index in [1.54, 1.807) is 12.4 Å².